The van der Waals surface area contributed by atoms with Crippen LogP contribution in [0.3, 0.4) is 0 Å². The summed E-state index contributed by atoms with van der Waals surface area (Å²) in [4.78, 5) is 31.8. The highest BCUT2D eigenvalue weighted by atomic mass is 35.5. The van der Waals surface area contributed by atoms with Crippen molar-refractivity contribution in [2.75, 3.05) is 46.3 Å². The van der Waals surface area contributed by atoms with Gasteiger partial charge in [0.05, 0.1) is 5.92 Å². The van der Waals surface area contributed by atoms with Crippen molar-refractivity contribution >= 4 is 36.6 Å². The van der Waals surface area contributed by atoms with Crippen molar-refractivity contribution in [2.45, 2.75) is 57.4 Å². The number of amides is 2. The van der Waals surface area contributed by atoms with E-state index >= 15 is 0 Å². The van der Waals surface area contributed by atoms with Gasteiger partial charge in [0.1, 0.15) is 0 Å². The number of carbonyl (C=O) groups excluding carboxylic acids is 2. The monoisotopic (exact) mass is 436 g/mol. The summed E-state index contributed by atoms with van der Waals surface area (Å²) in [6.07, 6.45) is 6.64. The number of hydrogen-bond acceptors (Lipinski definition) is 4. The maximum atomic E-state index is 12.9. The molecule has 1 saturated carbocycles. The van der Waals surface area contributed by atoms with Gasteiger partial charge in [-0.3, -0.25) is 9.59 Å². The van der Waals surface area contributed by atoms with Crippen LogP contribution in [-0.4, -0.2) is 78.4 Å². The van der Waals surface area contributed by atoms with Gasteiger partial charge in [-0.05, 0) is 45.6 Å². The molecular weight excluding hydrogens is 399 g/mol. The number of hydrogen-bond donors (Lipinski definition) is 1. The Labute approximate surface area is 182 Å². The summed E-state index contributed by atoms with van der Waals surface area (Å²) in [6.45, 7) is 7.25. The lowest BCUT2D eigenvalue weighted by Crippen LogP contribution is -2.55. The van der Waals surface area contributed by atoms with Crippen molar-refractivity contribution in [1.29, 1.82) is 0 Å². The molecule has 8 heteroatoms. The molecule has 2 heterocycles. The molecule has 3 fully saturated rings. The number of nitrogens with two attached hydrogens (primary N) is 1. The normalized spacial score (nSPS) is 29.6. The number of piperazine rings is 1. The minimum absolute atomic E-state index is 0. The predicted octanol–water partition coefficient (Wildman–Crippen LogP) is 2.14. The lowest BCUT2D eigenvalue weighted by Gasteiger charge is -2.42. The zero-order valence-corrected chi connectivity index (χ0v) is 19.0. The summed E-state index contributed by atoms with van der Waals surface area (Å²) in [5, 5.41) is 0. The molecule has 0 spiro atoms. The Hall–Kier alpha value is -0.560. The van der Waals surface area contributed by atoms with Crippen molar-refractivity contribution in [3.05, 3.63) is 0 Å². The molecule has 2 atom stereocenters. The van der Waals surface area contributed by atoms with Crippen LogP contribution in [-0.2, 0) is 9.59 Å². The highest BCUT2D eigenvalue weighted by Crippen LogP contribution is 2.34. The second kappa shape index (κ2) is 11.0. The molecule has 0 radical (unpaired) electrons. The van der Waals surface area contributed by atoms with Crippen LogP contribution in [0.25, 0.3) is 0 Å². The van der Waals surface area contributed by atoms with E-state index in [1.54, 1.807) is 0 Å². The van der Waals surface area contributed by atoms with Crippen molar-refractivity contribution in [3.8, 4) is 0 Å². The number of carbonyl (C=O) groups is 2. The zero-order valence-electron chi connectivity index (χ0n) is 17.4. The third-order valence-electron chi connectivity index (χ3n) is 6.80. The van der Waals surface area contributed by atoms with Crippen LogP contribution in [0.15, 0.2) is 0 Å². The van der Waals surface area contributed by atoms with Gasteiger partial charge in [-0.15, -0.1) is 24.8 Å². The van der Waals surface area contributed by atoms with Crippen molar-refractivity contribution in [1.82, 2.24) is 14.7 Å². The summed E-state index contributed by atoms with van der Waals surface area (Å²) in [5.41, 5.74) is 6.06. The summed E-state index contributed by atoms with van der Waals surface area (Å²) >= 11 is 0. The fourth-order valence-electron chi connectivity index (χ4n) is 4.77. The van der Waals surface area contributed by atoms with Crippen LogP contribution in [0.2, 0.25) is 0 Å². The third-order valence-corrected chi connectivity index (χ3v) is 6.80. The predicted molar refractivity (Wildman–Crippen MR) is 117 cm³/mol. The van der Waals surface area contributed by atoms with Crippen LogP contribution in [0.1, 0.15) is 51.9 Å². The molecule has 0 aromatic carbocycles. The molecule has 2 aliphatic heterocycles. The fraction of sp³-hybridized carbons (Fsp3) is 0.900. The van der Waals surface area contributed by atoms with Crippen molar-refractivity contribution in [2.24, 2.45) is 17.6 Å². The molecule has 6 nitrogen and oxygen atoms in total. The van der Waals surface area contributed by atoms with E-state index in [0.29, 0.717) is 18.2 Å². The van der Waals surface area contributed by atoms with E-state index in [9.17, 15) is 9.59 Å². The van der Waals surface area contributed by atoms with E-state index in [0.717, 1.165) is 77.8 Å². The largest absolute Gasteiger partial charge is 0.342 e. The van der Waals surface area contributed by atoms with E-state index in [1.807, 2.05) is 16.7 Å². The summed E-state index contributed by atoms with van der Waals surface area (Å²) in [7, 11) is 2.10. The second-order valence-electron chi connectivity index (χ2n) is 8.96. The number of nitrogens with zero attached hydrogens (tertiary/aromatic N) is 3. The number of likely N-dealkylation sites (N-methyl/N-ethyl adjacent to an activating group) is 1. The van der Waals surface area contributed by atoms with Gasteiger partial charge in [-0.25, -0.2) is 0 Å². The first-order valence-electron chi connectivity index (χ1n) is 10.4. The fourth-order valence-corrected chi connectivity index (χ4v) is 4.77. The Morgan fingerprint density at radius 2 is 1.54 bits per heavy atom. The molecule has 28 heavy (non-hydrogen) atoms. The molecule has 2 saturated heterocycles. The number of piperidine rings is 1. The molecular formula is C20H38Cl2N4O2. The molecule has 0 bridgehead atoms. The molecule has 2 unspecified atom stereocenters. The van der Waals surface area contributed by atoms with Crippen LogP contribution in [0.4, 0.5) is 0 Å². The van der Waals surface area contributed by atoms with E-state index in [2.05, 4.69) is 11.9 Å². The molecule has 3 rings (SSSR count). The molecule has 3 aliphatic rings. The van der Waals surface area contributed by atoms with Crippen LogP contribution in [0.5, 0.6) is 0 Å². The summed E-state index contributed by atoms with van der Waals surface area (Å²) < 4.78 is 0. The van der Waals surface area contributed by atoms with Crippen molar-refractivity contribution < 1.29 is 9.59 Å². The standard InChI is InChI=1S/C20H36N4O2.2ClH/c1-20(21)8-4-3-5-17(20)19(26)24-9-6-16(7-10-24)15-18(25)23-13-11-22(2)12-14-23;;/h16-17H,3-15,21H2,1-2H3;2*1H. The smallest absolute Gasteiger partial charge is 0.227 e. The Morgan fingerprint density at radius 1 is 0.929 bits per heavy atom. The average molecular weight is 437 g/mol. The first-order chi connectivity index (χ1) is 12.4. The van der Waals surface area contributed by atoms with Gasteiger partial charge < -0.3 is 20.4 Å². The highest BCUT2D eigenvalue weighted by Gasteiger charge is 2.40. The number of likely N-dealkylation sites (tertiary alicyclic amines) is 1. The number of halogens is 2. The first kappa shape index (κ1) is 25.5. The molecule has 0 aromatic heterocycles. The van der Waals surface area contributed by atoms with Gasteiger partial charge in [0.15, 0.2) is 0 Å². The van der Waals surface area contributed by atoms with Gasteiger partial charge >= 0.3 is 0 Å². The second-order valence-corrected chi connectivity index (χ2v) is 8.96. The van der Waals surface area contributed by atoms with Gasteiger partial charge in [0.25, 0.3) is 0 Å². The Balaban J connectivity index is 0.00000196. The Morgan fingerprint density at radius 3 is 2.11 bits per heavy atom. The first-order valence-corrected chi connectivity index (χ1v) is 10.4. The van der Waals surface area contributed by atoms with Crippen LogP contribution >= 0.6 is 24.8 Å². The van der Waals surface area contributed by atoms with E-state index in [-0.39, 0.29) is 42.2 Å². The third kappa shape index (κ3) is 6.22. The average Bonchev–Trinajstić information content (AvgIpc) is 2.62. The lowest BCUT2D eigenvalue weighted by atomic mass is 9.73. The maximum absolute atomic E-state index is 12.9. The van der Waals surface area contributed by atoms with Crippen LogP contribution < -0.4 is 5.73 Å². The van der Waals surface area contributed by atoms with Gasteiger partial charge in [-0.1, -0.05) is 12.8 Å². The van der Waals surface area contributed by atoms with Crippen LogP contribution in [0, 0.1) is 11.8 Å². The summed E-state index contributed by atoms with van der Waals surface area (Å²) in [6, 6.07) is 0. The minimum Gasteiger partial charge on any atom is -0.342 e. The van der Waals surface area contributed by atoms with Gasteiger partial charge in [0, 0.05) is 51.2 Å². The SMILES string of the molecule is CN1CCN(C(=O)CC2CCN(C(=O)C3CCCCC3(C)N)CC2)CC1.Cl.Cl. The van der Waals surface area contributed by atoms with Crippen molar-refractivity contribution in [3.63, 3.8) is 0 Å². The molecule has 0 aromatic rings. The summed E-state index contributed by atoms with van der Waals surface area (Å²) in [5.74, 6) is 0.935. The van der Waals surface area contributed by atoms with Gasteiger partial charge in [-0.2, -0.15) is 0 Å². The quantitative estimate of drug-likeness (QED) is 0.735. The lowest BCUT2D eigenvalue weighted by molar-refractivity contribution is -0.140. The highest BCUT2D eigenvalue weighted by molar-refractivity contribution is 5.85. The molecule has 164 valence electrons. The maximum Gasteiger partial charge on any atom is 0.227 e. The van der Waals surface area contributed by atoms with E-state index in [4.69, 9.17) is 5.73 Å². The minimum atomic E-state index is -0.358. The molecule has 2 N–H and O–H groups in total. The Bertz CT molecular complexity index is 516. The van der Waals surface area contributed by atoms with Gasteiger partial charge in [0.2, 0.25) is 11.8 Å². The van der Waals surface area contributed by atoms with E-state index in [1.165, 1.54) is 0 Å². The van der Waals surface area contributed by atoms with E-state index < -0.39 is 0 Å². The zero-order chi connectivity index (χ0) is 18.7. The number of rotatable bonds is 3. The topological polar surface area (TPSA) is 69.9 Å². The Kier molecular flexibility index (Phi) is 10.0. The molecule has 2 amide bonds. The molecule has 1 aliphatic carbocycles.